The molecule has 0 saturated heterocycles. The van der Waals surface area contributed by atoms with Crippen LogP contribution in [0.2, 0.25) is 0 Å². The molecule has 0 fully saturated rings. The number of anilines is 1. The van der Waals surface area contributed by atoms with E-state index in [0.717, 1.165) is 5.56 Å². The molecule has 1 heterocycles. The Morgan fingerprint density at radius 2 is 1.75 bits per heavy atom. The molecule has 0 saturated carbocycles. The molecule has 0 bridgehead atoms. The first-order valence-corrected chi connectivity index (χ1v) is 8.77. The number of aromatic nitrogens is 1. The Kier molecular flexibility index (Phi) is 7.08. The van der Waals surface area contributed by atoms with Gasteiger partial charge in [0.2, 0.25) is 0 Å². The maximum absolute atomic E-state index is 12.2. The number of rotatable bonds is 6. The van der Waals surface area contributed by atoms with Crippen LogP contribution in [0.15, 0.2) is 48.8 Å². The molecule has 0 atom stereocenters. The monoisotopic (exact) mass is 384 g/mol. The minimum Gasteiger partial charge on any atom is -0.459 e. The van der Waals surface area contributed by atoms with Crippen LogP contribution in [0.3, 0.4) is 0 Å². The Balaban J connectivity index is 1.86. The van der Waals surface area contributed by atoms with Crippen molar-refractivity contribution in [3.8, 4) is 0 Å². The number of nitrogens with one attached hydrogen (secondary N) is 3. The smallest absolute Gasteiger partial charge is 0.325 e. The number of ether oxygens (including phenoxy) is 1. The van der Waals surface area contributed by atoms with Gasteiger partial charge >= 0.3 is 12.0 Å². The second kappa shape index (κ2) is 9.50. The molecule has 1 aromatic carbocycles. The van der Waals surface area contributed by atoms with Crippen LogP contribution in [-0.2, 0) is 16.1 Å². The molecule has 0 aliphatic rings. The average Bonchev–Trinajstić information content (AvgIpc) is 2.64. The first-order valence-electron chi connectivity index (χ1n) is 8.77. The quantitative estimate of drug-likeness (QED) is 0.663. The summed E-state index contributed by atoms with van der Waals surface area (Å²) in [5.41, 5.74) is 1.07. The van der Waals surface area contributed by atoms with Gasteiger partial charge in [0.1, 0.15) is 12.1 Å². The lowest BCUT2D eigenvalue weighted by Crippen LogP contribution is -2.34. The van der Waals surface area contributed by atoms with Crippen molar-refractivity contribution in [2.24, 2.45) is 0 Å². The van der Waals surface area contributed by atoms with Crippen LogP contribution >= 0.6 is 0 Å². The summed E-state index contributed by atoms with van der Waals surface area (Å²) in [7, 11) is 0. The summed E-state index contributed by atoms with van der Waals surface area (Å²) >= 11 is 0. The second-order valence-corrected chi connectivity index (χ2v) is 7.01. The lowest BCUT2D eigenvalue weighted by Gasteiger charge is -2.19. The highest BCUT2D eigenvalue weighted by Crippen LogP contribution is 2.11. The summed E-state index contributed by atoms with van der Waals surface area (Å²) in [6.07, 6.45) is 3.29. The number of hydrogen-bond donors (Lipinski definition) is 3. The molecule has 0 aliphatic heterocycles. The SMILES string of the molecule is CC(C)(C)OC(=O)CNC(=O)c1cccc(NC(=O)NCc2ccncc2)c1. The van der Waals surface area contributed by atoms with E-state index in [-0.39, 0.29) is 6.54 Å². The summed E-state index contributed by atoms with van der Waals surface area (Å²) in [6, 6.07) is 9.62. The molecule has 3 amide bonds. The summed E-state index contributed by atoms with van der Waals surface area (Å²) in [4.78, 5) is 39.8. The summed E-state index contributed by atoms with van der Waals surface area (Å²) in [6.45, 7) is 5.37. The summed E-state index contributed by atoms with van der Waals surface area (Å²) in [5.74, 6) is -0.961. The highest BCUT2D eigenvalue weighted by Gasteiger charge is 2.17. The predicted octanol–water partition coefficient (Wildman–Crippen LogP) is 2.47. The summed E-state index contributed by atoms with van der Waals surface area (Å²) in [5, 5.41) is 7.89. The van der Waals surface area contributed by atoms with E-state index in [9.17, 15) is 14.4 Å². The van der Waals surface area contributed by atoms with Crippen molar-refractivity contribution in [1.82, 2.24) is 15.6 Å². The van der Waals surface area contributed by atoms with Gasteiger partial charge in [0.05, 0.1) is 0 Å². The average molecular weight is 384 g/mol. The molecule has 0 radical (unpaired) electrons. The van der Waals surface area contributed by atoms with Gasteiger partial charge in [0.25, 0.3) is 5.91 Å². The molecule has 8 heteroatoms. The van der Waals surface area contributed by atoms with Gasteiger partial charge in [-0.1, -0.05) is 6.07 Å². The molecule has 1 aromatic heterocycles. The Morgan fingerprint density at radius 1 is 1.04 bits per heavy atom. The van der Waals surface area contributed by atoms with Gasteiger partial charge in [0.15, 0.2) is 0 Å². The molecular formula is C20H24N4O4. The Labute approximate surface area is 163 Å². The number of amides is 3. The Hall–Kier alpha value is -3.42. The van der Waals surface area contributed by atoms with Crippen LogP contribution in [0, 0.1) is 0 Å². The molecule has 0 unspecified atom stereocenters. The number of pyridine rings is 1. The topological polar surface area (TPSA) is 109 Å². The van der Waals surface area contributed by atoms with Crippen LogP contribution in [0.25, 0.3) is 0 Å². The van der Waals surface area contributed by atoms with Crippen molar-refractivity contribution < 1.29 is 19.1 Å². The van der Waals surface area contributed by atoms with Crippen LogP contribution in [-0.4, -0.2) is 35.0 Å². The molecule has 2 aromatic rings. The molecule has 3 N–H and O–H groups in total. The van der Waals surface area contributed by atoms with Crippen LogP contribution in [0.4, 0.5) is 10.5 Å². The van der Waals surface area contributed by atoms with E-state index in [2.05, 4.69) is 20.9 Å². The number of esters is 1. The van der Waals surface area contributed by atoms with Crippen LogP contribution in [0.5, 0.6) is 0 Å². The van der Waals surface area contributed by atoms with E-state index in [1.165, 1.54) is 6.07 Å². The fourth-order valence-electron chi connectivity index (χ4n) is 2.23. The second-order valence-electron chi connectivity index (χ2n) is 7.01. The number of urea groups is 1. The largest absolute Gasteiger partial charge is 0.459 e. The minimum atomic E-state index is -0.616. The molecule has 28 heavy (non-hydrogen) atoms. The molecular weight excluding hydrogens is 360 g/mol. The fourth-order valence-corrected chi connectivity index (χ4v) is 2.23. The number of hydrogen-bond acceptors (Lipinski definition) is 5. The lowest BCUT2D eigenvalue weighted by atomic mass is 10.2. The number of carbonyl (C=O) groups excluding carboxylic acids is 3. The van der Waals surface area contributed by atoms with Crippen molar-refractivity contribution in [3.63, 3.8) is 0 Å². The van der Waals surface area contributed by atoms with E-state index in [1.807, 2.05) is 0 Å². The van der Waals surface area contributed by atoms with Crippen molar-refractivity contribution in [1.29, 1.82) is 0 Å². The van der Waals surface area contributed by atoms with Crippen LogP contribution < -0.4 is 16.0 Å². The van der Waals surface area contributed by atoms with Crippen molar-refractivity contribution >= 4 is 23.6 Å². The first-order chi connectivity index (χ1) is 13.2. The van der Waals surface area contributed by atoms with E-state index in [0.29, 0.717) is 17.8 Å². The molecule has 0 aliphatic carbocycles. The highest BCUT2D eigenvalue weighted by atomic mass is 16.6. The number of benzene rings is 1. The van der Waals surface area contributed by atoms with E-state index in [1.54, 1.807) is 63.5 Å². The van der Waals surface area contributed by atoms with Gasteiger partial charge in [-0.2, -0.15) is 0 Å². The normalized spacial score (nSPS) is 10.7. The van der Waals surface area contributed by atoms with Crippen molar-refractivity contribution in [2.45, 2.75) is 32.9 Å². The molecule has 2 rings (SSSR count). The van der Waals surface area contributed by atoms with E-state index < -0.39 is 23.5 Å². The molecule has 8 nitrogen and oxygen atoms in total. The highest BCUT2D eigenvalue weighted by molar-refractivity contribution is 5.98. The minimum absolute atomic E-state index is 0.236. The van der Waals surface area contributed by atoms with Crippen LogP contribution in [0.1, 0.15) is 36.7 Å². The third-order valence-electron chi connectivity index (χ3n) is 3.40. The Morgan fingerprint density at radius 3 is 2.43 bits per heavy atom. The standard InChI is InChI=1S/C20H24N4O4/c1-20(2,3)28-17(25)13-22-18(26)15-5-4-6-16(11-15)24-19(27)23-12-14-7-9-21-10-8-14/h4-11H,12-13H2,1-3H3,(H,22,26)(H2,23,24,27). The third-order valence-corrected chi connectivity index (χ3v) is 3.40. The number of carbonyl (C=O) groups is 3. The zero-order valence-electron chi connectivity index (χ0n) is 16.1. The lowest BCUT2D eigenvalue weighted by molar-refractivity contribution is -0.153. The Bertz CT molecular complexity index is 832. The van der Waals surface area contributed by atoms with Gasteiger partial charge in [0, 0.05) is 30.2 Å². The van der Waals surface area contributed by atoms with E-state index >= 15 is 0 Å². The van der Waals surface area contributed by atoms with Crippen molar-refractivity contribution in [2.75, 3.05) is 11.9 Å². The summed E-state index contributed by atoms with van der Waals surface area (Å²) < 4.78 is 5.14. The number of nitrogens with zero attached hydrogens (tertiary/aromatic N) is 1. The zero-order chi connectivity index (χ0) is 20.6. The third kappa shape index (κ3) is 7.45. The predicted molar refractivity (Wildman–Crippen MR) is 105 cm³/mol. The van der Waals surface area contributed by atoms with Gasteiger partial charge in [-0.05, 0) is 56.7 Å². The van der Waals surface area contributed by atoms with E-state index in [4.69, 9.17) is 4.74 Å². The van der Waals surface area contributed by atoms with Gasteiger partial charge in [-0.25, -0.2) is 4.79 Å². The van der Waals surface area contributed by atoms with Gasteiger partial charge in [-0.15, -0.1) is 0 Å². The fraction of sp³-hybridized carbons (Fsp3) is 0.300. The first kappa shape index (κ1) is 20.9. The maximum atomic E-state index is 12.2. The molecule has 148 valence electrons. The zero-order valence-corrected chi connectivity index (χ0v) is 16.1. The van der Waals surface area contributed by atoms with Gasteiger partial charge in [-0.3, -0.25) is 14.6 Å². The maximum Gasteiger partial charge on any atom is 0.325 e. The van der Waals surface area contributed by atoms with Gasteiger partial charge < -0.3 is 20.7 Å². The molecule has 0 spiro atoms. The van der Waals surface area contributed by atoms with Crippen molar-refractivity contribution in [3.05, 3.63) is 59.9 Å².